The second-order valence-corrected chi connectivity index (χ2v) is 6.60. The van der Waals surface area contributed by atoms with Gasteiger partial charge in [-0.1, -0.05) is 64.2 Å². The van der Waals surface area contributed by atoms with Crippen LogP contribution in [0.25, 0.3) is 0 Å². The van der Waals surface area contributed by atoms with Crippen LogP contribution in [0.4, 0.5) is 0 Å². The third-order valence-corrected chi connectivity index (χ3v) is 5.12. The molecule has 0 radical (unpaired) electrons. The van der Waals surface area contributed by atoms with Crippen molar-refractivity contribution < 1.29 is 23.3 Å². The zero-order valence-electron chi connectivity index (χ0n) is 16.9. The van der Waals surface area contributed by atoms with Crippen molar-refractivity contribution in [3.63, 3.8) is 0 Å². The van der Waals surface area contributed by atoms with Gasteiger partial charge in [-0.15, -0.1) is 24.8 Å². The third-order valence-electron chi connectivity index (χ3n) is 5.12. The molecule has 0 fully saturated rings. The molecule has 0 heterocycles. The molecule has 0 aromatic heterocycles. The van der Waals surface area contributed by atoms with Gasteiger partial charge in [-0.3, -0.25) is 0 Å². The van der Waals surface area contributed by atoms with Gasteiger partial charge in [-0.2, -0.15) is 46.5 Å². The SMILES string of the molecule is CC1CCCc2[cH-]ccc21.CC1CCCc2[cH-]ccc21.Cl.Cl.[CH3-].[CH3-].[SiH2]=[Zr]. The maximum absolute atomic E-state index is 2.33. The van der Waals surface area contributed by atoms with E-state index in [1.54, 1.807) is 45.6 Å². The van der Waals surface area contributed by atoms with E-state index in [1.165, 1.54) is 38.5 Å². The van der Waals surface area contributed by atoms with Gasteiger partial charge < -0.3 is 14.9 Å². The van der Waals surface area contributed by atoms with Gasteiger partial charge in [-0.05, 0) is 0 Å². The van der Waals surface area contributed by atoms with Crippen molar-refractivity contribution in [1.82, 2.24) is 0 Å². The first-order valence-corrected chi connectivity index (χ1v) is 14.5. The molecule has 4 rings (SSSR count). The summed E-state index contributed by atoms with van der Waals surface area (Å²) in [5.74, 6) is 1.64. The van der Waals surface area contributed by atoms with Crippen molar-refractivity contribution in [3.8, 4) is 0 Å². The molecule has 0 amide bonds. The molecule has 0 aliphatic heterocycles. The van der Waals surface area contributed by atoms with Crippen molar-refractivity contribution in [2.24, 2.45) is 0 Å². The van der Waals surface area contributed by atoms with Gasteiger partial charge in [0, 0.05) is 0 Å². The Morgan fingerprint density at radius 2 is 1.15 bits per heavy atom. The summed E-state index contributed by atoms with van der Waals surface area (Å²) in [7, 11) is 0. The third kappa shape index (κ3) is 8.17. The Balaban J connectivity index is -0.000000326. The van der Waals surface area contributed by atoms with Gasteiger partial charge >= 0.3 is 30.2 Å². The van der Waals surface area contributed by atoms with Crippen LogP contribution >= 0.6 is 24.8 Å². The van der Waals surface area contributed by atoms with Gasteiger partial charge in [0.25, 0.3) is 0 Å². The Morgan fingerprint density at radius 3 is 1.46 bits per heavy atom. The van der Waals surface area contributed by atoms with Gasteiger partial charge in [-0.25, -0.2) is 12.1 Å². The fraction of sp³-hybridized carbons (Fsp3) is 0.455. The van der Waals surface area contributed by atoms with Crippen LogP contribution in [0.2, 0.25) is 0 Å². The van der Waals surface area contributed by atoms with Crippen LogP contribution in [0.15, 0.2) is 36.4 Å². The molecule has 2 aliphatic carbocycles. The monoisotopic (exact) mass is 488 g/mol. The van der Waals surface area contributed by atoms with Crippen molar-refractivity contribution in [2.45, 2.75) is 64.2 Å². The number of aryl methyl sites for hydroxylation is 2. The Morgan fingerprint density at radius 1 is 0.808 bits per heavy atom. The molecule has 150 valence electrons. The standard InChI is InChI=1S/2C10H13.2CH3.2ClH.H2Si.Zr/c2*1-8-4-2-5-9-6-3-7-10(8)9;;;;;;/h2*3,6-8H,2,4-5H2,1H3;2*1H3;2*1H;1H2;/q4*-1;;;;. The molecule has 0 nitrogen and oxygen atoms in total. The summed E-state index contributed by atoms with van der Waals surface area (Å²) in [6, 6.07) is 13.5. The molecule has 2 aliphatic rings. The summed E-state index contributed by atoms with van der Waals surface area (Å²) in [4.78, 5) is 0. The summed E-state index contributed by atoms with van der Waals surface area (Å²) in [6.45, 7) is 6.61. The molecule has 0 bridgehead atoms. The van der Waals surface area contributed by atoms with Crippen LogP contribution in [0.5, 0.6) is 0 Å². The minimum absolute atomic E-state index is 0. The molecule has 2 aromatic rings. The van der Waals surface area contributed by atoms with E-state index in [0.29, 0.717) is 0 Å². The topological polar surface area (TPSA) is 0 Å². The first-order valence-electron chi connectivity index (χ1n) is 8.60. The minimum atomic E-state index is 0. The van der Waals surface area contributed by atoms with E-state index in [4.69, 9.17) is 0 Å². The maximum atomic E-state index is 2.33. The molecule has 0 N–H and O–H groups in total. The van der Waals surface area contributed by atoms with E-state index < -0.39 is 0 Å². The average molecular weight is 491 g/mol. The molecular formula is C22H36Cl2SiZr-4. The quantitative estimate of drug-likeness (QED) is 0.291. The van der Waals surface area contributed by atoms with Crippen LogP contribution in [0.3, 0.4) is 0 Å². The van der Waals surface area contributed by atoms with E-state index in [9.17, 15) is 0 Å². The molecule has 4 heteroatoms. The van der Waals surface area contributed by atoms with Gasteiger partial charge in [0.15, 0.2) is 0 Å². The van der Waals surface area contributed by atoms with Crippen molar-refractivity contribution in [3.05, 3.63) is 73.5 Å². The fourth-order valence-corrected chi connectivity index (χ4v) is 3.87. The predicted molar refractivity (Wildman–Crippen MR) is 123 cm³/mol. The number of rotatable bonds is 0. The van der Waals surface area contributed by atoms with Crippen LogP contribution in [0, 0.1) is 14.9 Å². The summed E-state index contributed by atoms with van der Waals surface area (Å²) < 4.78 is 0. The van der Waals surface area contributed by atoms with E-state index in [1.807, 2.05) is 6.88 Å². The molecule has 26 heavy (non-hydrogen) atoms. The fourth-order valence-electron chi connectivity index (χ4n) is 3.87. The second kappa shape index (κ2) is 16.3. The van der Waals surface area contributed by atoms with Crippen molar-refractivity contribution >= 4 is 31.7 Å². The predicted octanol–water partition coefficient (Wildman–Crippen LogP) is 6.52. The summed E-state index contributed by atoms with van der Waals surface area (Å²) in [5.41, 5.74) is 6.40. The molecule has 2 aromatic carbocycles. The molecular weight excluding hydrogens is 454 g/mol. The molecule has 2 unspecified atom stereocenters. The number of hydrogen-bond acceptors (Lipinski definition) is 0. The molecule has 0 saturated heterocycles. The zero-order valence-corrected chi connectivity index (χ0v) is 22.4. The van der Waals surface area contributed by atoms with E-state index in [0.717, 1.165) is 11.8 Å². The molecule has 0 spiro atoms. The van der Waals surface area contributed by atoms with E-state index in [2.05, 4.69) is 50.2 Å². The Labute approximate surface area is 191 Å². The van der Waals surface area contributed by atoms with Crippen LogP contribution in [-0.2, 0) is 36.2 Å². The van der Waals surface area contributed by atoms with Gasteiger partial charge in [0.05, 0.1) is 0 Å². The second-order valence-electron chi connectivity index (χ2n) is 6.60. The Hall–Kier alpha value is 0.380. The van der Waals surface area contributed by atoms with Crippen LogP contribution in [-0.4, -0.2) is 6.88 Å². The average Bonchev–Trinajstić information content (AvgIpc) is 3.20. The Bertz CT molecular complexity index is 526. The summed E-state index contributed by atoms with van der Waals surface area (Å²) in [6.07, 6.45) is 8.17. The molecule has 0 saturated carbocycles. The van der Waals surface area contributed by atoms with E-state index in [-0.39, 0.29) is 39.7 Å². The first-order chi connectivity index (χ1) is 10.8. The summed E-state index contributed by atoms with van der Waals surface area (Å²) in [5, 5.41) is 0. The number of halogens is 2. The normalized spacial score (nSPS) is 18.8. The summed E-state index contributed by atoms with van der Waals surface area (Å²) >= 11 is 1.58. The Kier molecular flexibility index (Phi) is 19.5. The van der Waals surface area contributed by atoms with Crippen molar-refractivity contribution in [2.75, 3.05) is 0 Å². The van der Waals surface area contributed by atoms with Crippen LogP contribution < -0.4 is 0 Å². The van der Waals surface area contributed by atoms with Crippen molar-refractivity contribution in [1.29, 1.82) is 0 Å². The number of fused-ring (bicyclic) bond motifs is 2. The molecule has 2 atom stereocenters. The first kappa shape index (κ1) is 31.1. The number of hydrogen-bond donors (Lipinski definition) is 0. The van der Waals surface area contributed by atoms with E-state index >= 15 is 0 Å². The van der Waals surface area contributed by atoms with Gasteiger partial charge in [0.1, 0.15) is 0 Å². The zero-order chi connectivity index (χ0) is 15.9. The van der Waals surface area contributed by atoms with Gasteiger partial charge in [0.2, 0.25) is 0 Å². The van der Waals surface area contributed by atoms with Crippen LogP contribution in [0.1, 0.15) is 73.6 Å².